The number of halogens is 2. The number of aromatic hydroxyl groups is 1. The van der Waals surface area contributed by atoms with E-state index < -0.39 is 28.9 Å². The first-order valence-corrected chi connectivity index (χ1v) is 10.00. The van der Waals surface area contributed by atoms with Crippen molar-refractivity contribution in [3.8, 4) is 5.75 Å². The molecule has 5 nitrogen and oxygen atoms in total. The van der Waals surface area contributed by atoms with Crippen LogP contribution in [0.4, 0.5) is 4.39 Å². The summed E-state index contributed by atoms with van der Waals surface area (Å²) in [5.41, 5.74) is -0.444. The summed E-state index contributed by atoms with van der Waals surface area (Å²) in [5.74, 6) is -3.47. The summed E-state index contributed by atoms with van der Waals surface area (Å²) in [7, 11) is 0. The lowest BCUT2D eigenvalue weighted by Crippen LogP contribution is -2.39. The van der Waals surface area contributed by atoms with E-state index in [2.05, 4.69) is 0 Å². The molecule has 0 aliphatic heterocycles. The second-order valence-electron chi connectivity index (χ2n) is 7.72. The van der Waals surface area contributed by atoms with E-state index in [0.29, 0.717) is 22.7 Å². The monoisotopic (exact) mass is 431 g/mol. The molecule has 3 aromatic rings. The van der Waals surface area contributed by atoms with Gasteiger partial charge in [-0.2, -0.15) is 0 Å². The van der Waals surface area contributed by atoms with Gasteiger partial charge in [-0.1, -0.05) is 31.9 Å². The van der Waals surface area contributed by atoms with Crippen molar-refractivity contribution in [3.63, 3.8) is 0 Å². The van der Waals surface area contributed by atoms with Crippen molar-refractivity contribution in [2.75, 3.05) is 0 Å². The van der Waals surface area contributed by atoms with E-state index in [-0.39, 0.29) is 22.4 Å². The SMILES string of the molecule is CCC(C)[C@@](C)(C(=O)O)c1c(C)n(C(=O)c2ccc(Cl)cc2)c2ccc(O)c(F)c12. The first kappa shape index (κ1) is 21.8. The van der Waals surface area contributed by atoms with Crippen molar-refractivity contribution in [2.45, 2.75) is 39.5 Å². The molecular formula is C23H23ClFNO4. The Morgan fingerprint density at radius 3 is 2.33 bits per heavy atom. The number of aliphatic carboxylic acids is 1. The predicted molar refractivity (Wildman–Crippen MR) is 114 cm³/mol. The molecular weight excluding hydrogens is 409 g/mol. The number of carboxylic acids is 1. The van der Waals surface area contributed by atoms with Crippen LogP contribution >= 0.6 is 11.6 Å². The van der Waals surface area contributed by atoms with Gasteiger partial charge in [0.2, 0.25) is 0 Å². The highest BCUT2D eigenvalue weighted by molar-refractivity contribution is 6.30. The Bertz CT molecular complexity index is 1150. The van der Waals surface area contributed by atoms with Gasteiger partial charge >= 0.3 is 5.97 Å². The minimum atomic E-state index is -1.47. The van der Waals surface area contributed by atoms with Gasteiger partial charge in [-0.15, -0.1) is 0 Å². The number of carbonyl (C=O) groups excluding carboxylic acids is 1. The highest BCUT2D eigenvalue weighted by Gasteiger charge is 2.45. The fourth-order valence-electron chi connectivity index (χ4n) is 4.04. The molecule has 0 radical (unpaired) electrons. The molecule has 1 heterocycles. The summed E-state index contributed by atoms with van der Waals surface area (Å²) in [6, 6.07) is 8.84. The second-order valence-corrected chi connectivity index (χ2v) is 8.15. The maximum atomic E-state index is 15.1. The number of carbonyl (C=O) groups is 2. The minimum Gasteiger partial charge on any atom is -0.505 e. The van der Waals surface area contributed by atoms with Gasteiger partial charge < -0.3 is 10.2 Å². The van der Waals surface area contributed by atoms with Gasteiger partial charge in [-0.3, -0.25) is 14.2 Å². The summed E-state index contributed by atoms with van der Waals surface area (Å²) in [6.45, 7) is 6.76. The molecule has 0 aliphatic carbocycles. The number of rotatable bonds is 5. The first-order chi connectivity index (χ1) is 14.0. The van der Waals surface area contributed by atoms with Gasteiger partial charge in [0.25, 0.3) is 5.91 Å². The molecule has 0 fully saturated rings. The lowest BCUT2D eigenvalue weighted by molar-refractivity contribution is -0.145. The molecule has 0 saturated heterocycles. The molecule has 2 aromatic carbocycles. The van der Waals surface area contributed by atoms with Crippen LogP contribution in [0.2, 0.25) is 5.02 Å². The van der Waals surface area contributed by atoms with Crippen molar-refractivity contribution in [3.05, 3.63) is 64.1 Å². The quantitative estimate of drug-likeness (QED) is 0.557. The summed E-state index contributed by atoms with van der Waals surface area (Å²) in [5, 5.41) is 20.5. The van der Waals surface area contributed by atoms with Crippen LogP contribution in [0.5, 0.6) is 5.75 Å². The van der Waals surface area contributed by atoms with Crippen LogP contribution in [0, 0.1) is 18.7 Å². The second kappa shape index (κ2) is 7.76. The summed E-state index contributed by atoms with van der Waals surface area (Å²) in [4.78, 5) is 25.7. The van der Waals surface area contributed by atoms with Crippen LogP contribution in [-0.2, 0) is 10.2 Å². The number of nitrogens with zero attached hydrogens (tertiary/aromatic N) is 1. The standard InChI is InChI=1S/C23H23ClFNO4/c1-5-12(2)23(4,22(29)30)19-13(3)26(16-10-11-17(27)20(25)18(16)19)21(28)14-6-8-15(24)9-7-14/h6-12,27H,5H2,1-4H3,(H,29,30)/t12?,23-/m1/s1. The lowest BCUT2D eigenvalue weighted by atomic mass is 9.70. The zero-order valence-electron chi connectivity index (χ0n) is 17.2. The van der Waals surface area contributed by atoms with Gasteiger partial charge in [0, 0.05) is 27.2 Å². The zero-order chi connectivity index (χ0) is 22.4. The van der Waals surface area contributed by atoms with Crippen LogP contribution in [0.15, 0.2) is 36.4 Å². The number of hydrogen-bond donors (Lipinski definition) is 2. The molecule has 30 heavy (non-hydrogen) atoms. The molecule has 0 amide bonds. The number of phenols is 1. The number of phenolic OH excluding ortho intramolecular Hbond substituents is 1. The number of carboxylic acid groups (broad SMARTS) is 1. The van der Waals surface area contributed by atoms with Crippen molar-refractivity contribution in [1.82, 2.24) is 4.57 Å². The number of benzene rings is 2. The van der Waals surface area contributed by atoms with Crippen molar-refractivity contribution >= 4 is 34.4 Å². The van der Waals surface area contributed by atoms with Gasteiger partial charge in [0.1, 0.15) is 0 Å². The van der Waals surface area contributed by atoms with Crippen molar-refractivity contribution < 1.29 is 24.2 Å². The summed E-state index contributed by atoms with van der Waals surface area (Å²) >= 11 is 5.92. The fraction of sp³-hybridized carbons (Fsp3) is 0.304. The Kier molecular flexibility index (Phi) is 5.65. The fourth-order valence-corrected chi connectivity index (χ4v) is 4.17. The van der Waals surface area contributed by atoms with E-state index in [1.165, 1.54) is 17.6 Å². The largest absolute Gasteiger partial charge is 0.505 e. The average Bonchev–Trinajstić information content (AvgIpc) is 3.02. The van der Waals surface area contributed by atoms with Gasteiger partial charge in [-0.05, 0) is 56.2 Å². The molecule has 158 valence electrons. The first-order valence-electron chi connectivity index (χ1n) is 9.62. The topological polar surface area (TPSA) is 79.5 Å². The smallest absolute Gasteiger partial charge is 0.314 e. The van der Waals surface area contributed by atoms with Crippen LogP contribution in [0.25, 0.3) is 10.9 Å². The van der Waals surface area contributed by atoms with Crippen LogP contribution in [-0.4, -0.2) is 26.7 Å². The summed E-state index contributed by atoms with van der Waals surface area (Å²) in [6.07, 6.45) is 0.528. The third-order valence-electron chi connectivity index (χ3n) is 6.14. The maximum absolute atomic E-state index is 15.1. The average molecular weight is 432 g/mol. The van der Waals surface area contributed by atoms with E-state index in [9.17, 15) is 19.8 Å². The Morgan fingerprint density at radius 2 is 1.80 bits per heavy atom. The molecule has 3 rings (SSSR count). The highest BCUT2D eigenvalue weighted by atomic mass is 35.5. The van der Waals surface area contributed by atoms with Gasteiger partial charge in [-0.25, -0.2) is 4.39 Å². The molecule has 2 atom stereocenters. The molecule has 0 aliphatic rings. The normalized spacial score (nSPS) is 14.5. The Morgan fingerprint density at radius 1 is 1.20 bits per heavy atom. The molecule has 0 spiro atoms. The predicted octanol–water partition coefficient (Wildman–Crippen LogP) is 5.52. The zero-order valence-corrected chi connectivity index (χ0v) is 17.9. The third-order valence-corrected chi connectivity index (χ3v) is 6.40. The Balaban J connectivity index is 2.44. The lowest BCUT2D eigenvalue weighted by Gasteiger charge is -2.32. The van der Waals surface area contributed by atoms with Gasteiger partial charge in [0.15, 0.2) is 11.6 Å². The molecule has 2 N–H and O–H groups in total. The van der Waals surface area contributed by atoms with Crippen LogP contribution in [0.1, 0.15) is 48.8 Å². The van der Waals surface area contributed by atoms with Gasteiger partial charge in [0.05, 0.1) is 10.9 Å². The number of hydrogen-bond acceptors (Lipinski definition) is 3. The molecule has 7 heteroatoms. The molecule has 0 bridgehead atoms. The van der Waals surface area contributed by atoms with E-state index in [0.717, 1.165) is 6.07 Å². The Hall–Kier alpha value is -2.86. The van der Waals surface area contributed by atoms with Crippen LogP contribution in [0.3, 0.4) is 0 Å². The van der Waals surface area contributed by atoms with E-state index in [4.69, 9.17) is 11.6 Å². The number of aromatic nitrogens is 1. The van der Waals surface area contributed by atoms with Crippen molar-refractivity contribution in [1.29, 1.82) is 0 Å². The highest BCUT2D eigenvalue weighted by Crippen LogP contribution is 2.44. The minimum absolute atomic E-state index is 0.0555. The molecule has 1 unspecified atom stereocenters. The van der Waals surface area contributed by atoms with Crippen molar-refractivity contribution in [2.24, 2.45) is 5.92 Å². The Labute approximate surface area is 178 Å². The van der Waals surface area contributed by atoms with E-state index in [1.807, 2.05) is 6.92 Å². The summed E-state index contributed by atoms with van der Waals surface area (Å²) < 4.78 is 16.5. The molecule has 1 aromatic heterocycles. The van der Waals surface area contributed by atoms with Crippen LogP contribution < -0.4 is 0 Å². The number of fused-ring (bicyclic) bond motifs is 1. The third kappa shape index (κ3) is 3.16. The maximum Gasteiger partial charge on any atom is 0.314 e. The van der Waals surface area contributed by atoms with E-state index >= 15 is 4.39 Å². The van der Waals surface area contributed by atoms with E-state index in [1.54, 1.807) is 38.1 Å². The molecule has 0 saturated carbocycles.